The zero-order valence-electron chi connectivity index (χ0n) is 8.17. The van der Waals surface area contributed by atoms with Crippen LogP contribution < -0.4 is 10.1 Å². The van der Waals surface area contributed by atoms with Crippen LogP contribution in [0.3, 0.4) is 0 Å². The molecule has 0 aromatic carbocycles. The number of anilines is 1. The number of aromatic nitrogens is 3. The molecule has 1 N–H and O–H groups in total. The first kappa shape index (κ1) is 9.45. The first-order valence-electron chi connectivity index (χ1n) is 4.38. The van der Waals surface area contributed by atoms with E-state index in [0.717, 1.165) is 0 Å². The average molecular weight is 206 g/mol. The molecule has 6 nitrogen and oxygen atoms in total. The Bertz CT molecular complexity index is 416. The minimum Gasteiger partial charge on any atom is -0.481 e. The molecule has 0 spiro atoms. The molecule has 6 heteroatoms. The van der Waals surface area contributed by atoms with Gasteiger partial charge in [-0.1, -0.05) is 11.2 Å². The summed E-state index contributed by atoms with van der Waals surface area (Å²) in [5.74, 6) is 1.85. The van der Waals surface area contributed by atoms with Crippen LogP contribution in [0.1, 0.15) is 5.82 Å². The van der Waals surface area contributed by atoms with Gasteiger partial charge in [0.05, 0.1) is 13.7 Å². The number of methoxy groups -OCH3 is 1. The van der Waals surface area contributed by atoms with E-state index in [2.05, 4.69) is 25.0 Å². The van der Waals surface area contributed by atoms with Gasteiger partial charge in [-0.25, -0.2) is 0 Å². The van der Waals surface area contributed by atoms with Gasteiger partial charge in [0.2, 0.25) is 12.3 Å². The van der Waals surface area contributed by atoms with Crippen molar-refractivity contribution in [1.82, 2.24) is 15.1 Å². The second kappa shape index (κ2) is 4.41. The molecule has 0 amide bonds. The lowest BCUT2D eigenvalue weighted by Gasteiger charge is -2.03. The minimum absolute atomic E-state index is 0.469. The summed E-state index contributed by atoms with van der Waals surface area (Å²) in [6.45, 7) is 0.469. The molecular formula is C9H10N4O2. The van der Waals surface area contributed by atoms with Gasteiger partial charge in [0, 0.05) is 6.07 Å². The van der Waals surface area contributed by atoms with Gasteiger partial charge in [0.15, 0.2) is 5.82 Å². The number of ether oxygens (including phenoxy) is 1. The largest absolute Gasteiger partial charge is 0.481 e. The zero-order chi connectivity index (χ0) is 10.5. The molecule has 0 saturated carbocycles. The molecule has 0 aliphatic carbocycles. The van der Waals surface area contributed by atoms with E-state index in [-0.39, 0.29) is 0 Å². The van der Waals surface area contributed by atoms with Crippen molar-refractivity contribution in [1.29, 1.82) is 0 Å². The third-order valence-electron chi connectivity index (χ3n) is 1.77. The van der Waals surface area contributed by atoms with Crippen LogP contribution in [0.2, 0.25) is 0 Å². The van der Waals surface area contributed by atoms with Crippen molar-refractivity contribution >= 4 is 5.82 Å². The smallest absolute Gasteiger partial charge is 0.214 e. The van der Waals surface area contributed by atoms with Gasteiger partial charge in [0.1, 0.15) is 5.82 Å². The van der Waals surface area contributed by atoms with E-state index in [1.165, 1.54) is 6.39 Å². The van der Waals surface area contributed by atoms with Crippen LogP contribution in [0, 0.1) is 0 Å². The van der Waals surface area contributed by atoms with Crippen molar-refractivity contribution in [3.05, 3.63) is 30.4 Å². The maximum Gasteiger partial charge on any atom is 0.214 e. The van der Waals surface area contributed by atoms with Gasteiger partial charge in [0.25, 0.3) is 0 Å². The molecule has 0 saturated heterocycles. The van der Waals surface area contributed by atoms with E-state index >= 15 is 0 Å². The fraction of sp³-hybridized carbons (Fsp3) is 0.222. The highest BCUT2D eigenvalue weighted by Crippen LogP contribution is 2.10. The SMILES string of the molecule is COc1cccc(NCc2ncon2)n1. The van der Waals surface area contributed by atoms with Gasteiger partial charge < -0.3 is 14.6 Å². The van der Waals surface area contributed by atoms with Crippen LogP contribution in [0.15, 0.2) is 29.1 Å². The fourth-order valence-electron chi connectivity index (χ4n) is 1.07. The summed E-state index contributed by atoms with van der Waals surface area (Å²) in [7, 11) is 1.57. The van der Waals surface area contributed by atoms with Crippen LogP contribution in [-0.4, -0.2) is 22.2 Å². The quantitative estimate of drug-likeness (QED) is 0.807. The number of nitrogens with zero attached hydrogens (tertiary/aromatic N) is 3. The van der Waals surface area contributed by atoms with E-state index in [1.807, 2.05) is 12.1 Å². The molecule has 2 aromatic rings. The van der Waals surface area contributed by atoms with Crippen LogP contribution in [0.25, 0.3) is 0 Å². The Balaban J connectivity index is 1.98. The topological polar surface area (TPSA) is 73.1 Å². The highest BCUT2D eigenvalue weighted by molar-refractivity contribution is 5.36. The Morgan fingerprint density at radius 1 is 1.47 bits per heavy atom. The molecule has 0 aliphatic rings. The summed E-state index contributed by atoms with van der Waals surface area (Å²) in [5.41, 5.74) is 0. The summed E-state index contributed by atoms with van der Waals surface area (Å²) in [6.07, 6.45) is 1.29. The van der Waals surface area contributed by atoms with Gasteiger partial charge in [-0.05, 0) is 6.07 Å². The van der Waals surface area contributed by atoms with Crippen LogP contribution in [-0.2, 0) is 6.54 Å². The lowest BCUT2D eigenvalue weighted by Crippen LogP contribution is -2.03. The van der Waals surface area contributed by atoms with Gasteiger partial charge in [-0.3, -0.25) is 0 Å². The molecule has 0 fully saturated rings. The van der Waals surface area contributed by atoms with Gasteiger partial charge >= 0.3 is 0 Å². The van der Waals surface area contributed by atoms with Crippen molar-refractivity contribution in [2.45, 2.75) is 6.54 Å². The van der Waals surface area contributed by atoms with E-state index in [0.29, 0.717) is 24.1 Å². The second-order valence-electron chi connectivity index (χ2n) is 2.77. The summed E-state index contributed by atoms with van der Waals surface area (Å²) >= 11 is 0. The van der Waals surface area contributed by atoms with E-state index in [1.54, 1.807) is 13.2 Å². The van der Waals surface area contributed by atoms with Crippen molar-refractivity contribution < 1.29 is 9.26 Å². The maximum atomic E-state index is 4.99. The van der Waals surface area contributed by atoms with Crippen molar-refractivity contribution in [2.75, 3.05) is 12.4 Å². The summed E-state index contributed by atoms with van der Waals surface area (Å²) in [5, 5.41) is 6.71. The minimum atomic E-state index is 0.469. The summed E-state index contributed by atoms with van der Waals surface area (Å²) in [6, 6.07) is 5.46. The molecule has 0 unspecified atom stereocenters. The Morgan fingerprint density at radius 3 is 3.13 bits per heavy atom. The standard InChI is InChI=1S/C9H10N4O2/c1-14-9-4-2-3-7(12-9)10-5-8-11-6-15-13-8/h2-4,6H,5H2,1H3,(H,10,12). The van der Waals surface area contributed by atoms with E-state index < -0.39 is 0 Å². The molecule has 0 atom stereocenters. The van der Waals surface area contributed by atoms with Crippen molar-refractivity contribution in [3.8, 4) is 5.88 Å². The fourth-order valence-corrected chi connectivity index (χ4v) is 1.07. The highest BCUT2D eigenvalue weighted by Gasteiger charge is 2.00. The third kappa shape index (κ3) is 2.43. The van der Waals surface area contributed by atoms with E-state index in [4.69, 9.17) is 4.74 Å². The van der Waals surface area contributed by atoms with Gasteiger partial charge in [-0.15, -0.1) is 0 Å². The third-order valence-corrected chi connectivity index (χ3v) is 1.77. The van der Waals surface area contributed by atoms with Crippen LogP contribution >= 0.6 is 0 Å². The first-order chi connectivity index (χ1) is 7.38. The predicted molar refractivity (Wildman–Crippen MR) is 52.4 cm³/mol. The Morgan fingerprint density at radius 2 is 2.40 bits per heavy atom. The molecule has 78 valence electrons. The number of pyridine rings is 1. The summed E-state index contributed by atoms with van der Waals surface area (Å²) < 4.78 is 9.59. The van der Waals surface area contributed by atoms with Crippen LogP contribution in [0.4, 0.5) is 5.82 Å². The predicted octanol–water partition coefficient (Wildman–Crippen LogP) is 1.09. The van der Waals surface area contributed by atoms with Crippen molar-refractivity contribution in [3.63, 3.8) is 0 Å². The molecule has 15 heavy (non-hydrogen) atoms. The molecule has 0 aliphatic heterocycles. The van der Waals surface area contributed by atoms with Crippen molar-refractivity contribution in [2.24, 2.45) is 0 Å². The number of rotatable bonds is 4. The second-order valence-corrected chi connectivity index (χ2v) is 2.77. The number of nitrogens with one attached hydrogen (secondary N) is 1. The van der Waals surface area contributed by atoms with Gasteiger partial charge in [-0.2, -0.15) is 9.97 Å². The Hall–Kier alpha value is -2.11. The molecule has 2 aromatic heterocycles. The molecular weight excluding hydrogens is 196 g/mol. The lowest BCUT2D eigenvalue weighted by atomic mass is 10.4. The first-order valence-corrected chi connectivity index (χ1v) is 4.38. The number of hydrogen-bond acceptors (Lipinski definition) is 6. The average Bonchev–Trinajstić information content (AvgIpc) is 2.79. The maximum absolute atomic E-state index is 4.99. The molecule has 2 heterocycles. The summed E-state index contributed by atoms with van der Waals surface area (Å²) in [4.78, 5) is 8.05. The number of hydrogen-bond donors (Lipinski definition) is 1. The normalized spacial score (nSPS) is 9.93. The van der Waals surface area contributed by atoms with E-state index in [9.17, 15) is 0 Å². The monoisotopic (exact) mass is 206 g/mol. The molecule has 0 bridgehead atoms. The van der Waals surface area contributed by atoms with Crippen LogP contribution in [0.5, 0.6) is 5.88 Å². The molecule has 2 rings (SSSR count). The Kier molecular flexibility index (Phi) is 2.77. The Labute approximate surface area is 86.3 Å². The molecule has 0 radical (unpaired) electrons. The highest BCUT2D eigenvalue weighted by atomic mass is 16.5. The lowest BCUT2D eigenvalue weighted by molar-refractivity contribution is 0.398. The zero-order valence-corrected chi connectivity index (χ0v) is 8.17.